The molecule has 0 spiro atoms. The van der Waals surface area contributed by atoms with Crippen molar-refractivity contribution >= 4 is 23.1 Å². The number of hydrogen-bond acceptors (Lipinski definition) is 5. The van der Waals surface area contributed by atoms with Crippen molar-refractivity contribution in [2.24, 2.45) is 0 Å². The Morgan fingerprint density at radius 1 is 1.03 bits per heavy atom. The Hall–Kier alpha value is -4.06. The number of ketones is 1. The fourth-order valence-corrected chi connectivity index (χ4v) is 4.46. The molecule has 1 heterocycles. The normalized spacial score (nSPS) is 17.1. The molecule has 1 aliphatic rings. The molecule has 1 aliphatic heterocycles. The lowest BCUT2D eigenvalue weighted by Crippen LogP contribution is -2.29. The van der Waals surface area contributed by atoms with Crippen LogP contribution in [0.4, 0.5) is 5.69 Å². The van der Waals surface area contributed by atoms with Gasteiger partial charge < -0.3 is 14.6 Å². The molecule has 36 heavy (non-hydrogen) atoms. The lowest BCUT2D eigenvalue weighted by atomic mass is 9.94. The molecule has 6 heteroatoms. The number of amides is 1. The van der Waals surface area contributed by atoms with Crippen LogP contribution in [0.15, 0.2) is 72.3 Å². The molecule has 1 unspecified atom stereocenters. The van der Waals surface area contributed by atoms with Crippen LogP contribution in [0.1, 0.15) is 49.1 Å². The van der Waals surface area contributed by atoms with Crippen molar-refractivity contribution < 1.29 is 24.2 Å². The Balaban J connectivity index is 1.89. The second kappa shape index (κ2) is 10.3. The van der Waals surface area contributed by atoms with E-state index in [4.69, 9.17) is 9.47 Å². The highest BCUT2D eigenvalue weighted by Gasteiger charge is 2.47. The van der Waals surface area contributed by atoms with E-state index in [1.165, 1.54) is 4.90 Å². The Morgan fingerprint density at radius 2 is 1.75 bits per heavy atom. The van der Waals surface area contributed by atoms with Crippen molar-refractivity contribution in [3.8, 4) is 11.5 Å². The quantitative estimate of drug-likeness (QED) is 0.253. The van der Waals surface area contributed by atoms with Crippen molar-refractivity contribution in [1.82, 2.24) is 0 Å². The van der Waals surface area contributed by atoms with E-state index in [-0.39, 0.29) is 17.4 Å². The van der Waals surface area contributed by atoms with E-state index in [0.717, 1.165) is 17.5 Å². The van der Waals surface area contributed by atoms with Gasteiger partial charge in [-0.15, -0.1) is 0 Å². The number of Topliss-reactive ketones (excluding diaryl/α,β-unsaturated/α-hetero) is 1. The van der Waals surface area contributed by atoms with Crippen molar-refractivity contribution in [3.05, 3.63) is 94.6 Å². The third-order valence-corrected chi connectivity index (χ3v) is 6.29. The van der Waals surface area contributed by atoms with Crippen LogP contribution >= 0.6 is 0 Å². The summed E-state index contributed by atoms with van der Waals surface area (Å²) in [6.07, 6.45) is 0.856. The summed E-state index contributed by atoms with van der Waals surface area (Å²) in [5.41, 5.74) is 3.65. The first kappa shape index (κ1) is 25.0. The molecule has 3 aromatic carbocycles. The zero-order valence-corrected chi connectivity index (χ0v) is 21.2. The van der Waals surface area contributed by atoms with Gasteiger partial charge in [0.2, 0.25) is 0 Å². The van der Waals surface area contributed by atoms with E-state index in [1.807, 2.05) is 51.1 Å². The molecule has 1 amide bonds. The molecule has 0 radical (unpaired) electrons. The summed E-state index contributed by atoms with van der Waals surface area (Å²) < 4.78 is 11.2. The smallest absolute Gasteiger partial charge is 0.300 e. The van der Waals surface area contributed by atoms with E-state index in [2.05, 4.69) is 6.92 Å². The van der Waals surface area contributed by atoms with Gasteiger partial charge in [-0.1, -0.05) is 31.2 Å². The number of benzene rings is 3. The fourth-order valence-electron chi connectivity index (χ4n) is 4.46. The van der Waals surface area contributed by atoms with Crippen molar-refractivity contribution in [1.29, 1.82) is 0 Å². The number of methoxy groups -OCH3 is 1. The molecule has 186 valence electrons. The van der Waals surface area contributed by atoms with E-state index in [9.17, 15) is 14.7 Å². The molecule has 1 atom stereocenters. The number of aliphatic hydroxyl groups is 1. The average Bonchev–Trinajstić information content (AvgIpc) is 3.15. The minimum atomic E-state index is -0.820. The Kier molecular flexibility index (Phi) is 7.15. The van der Waals surface area contributed by atoms with Crippen molar-refractivity contribution in [2.75, 3.05) is 12.0 Å². The van der Waals surface area contributed by atoms with Crippen molar-refractivity contribution in [2.45, 2.75) is 46.3 Å². The van der Waals surface area contributed by atoms with E-state index in [1.54, 1.807) is 43.5 Å². The number of aliphatic hydroxyl groups excluding tert-OH is 1. The largest absolute Gasteiger partial charge is 0.507 e. The van der Waals surface area contributed by atoms with Gasteiger partial charge in [-0.05, 0) is 86.3 Å². The van der Waals surface area contributed by atoms with Crippen LogP contribution in [0.25, 0.3) is 5.76 Å². The minimum absolute atomic E-state index is 0.000583. The fraction of sp³-hybridized carbons (Fsp3) is 0.267. The molecule has 6 nitrogen and oxygen atoms in total. The third-order valence-electron chi connectivity index (χ3n) is 6.29. The Labute approximate surface area is 211 Å². The van der Waals surface area contributed by atoms with Gasteiger partial charge in [-0.2, -0.15) is 0 Å². The van der Waals surface area contributed by atoms with E-state index >= 15 is 0 Å². The topological polar surface area (TPSA) is 76.1 Å². The van der Waals surface area contributed by atoms with Gasteiger partial charge in [0, 0.05) is 11.3 Å². The van der Waals surface area contributed by atoms with Crippen LogP contribution < -0.4 is 14.4 Å². The van der Waals surface area contributed by atoms with Gasteiger partial charge in [0.25, 0.3) is 11.7 Å². The zero-order valence-electron chi connectivity index (χ0n) is 21.2. The average molecular weight is 486 g/mol. The third kappa shape index (κ3) is 4.71. The summed E-state index contributed by atoms with van der Waals surface area (Å²) in [6, 6.07) is 19.2. The van der Waals surface area contributed by atoms with Crippen LogP contribution in [0, 0.1) is 6.92 Å². The predicted octanol–water partition coefficient (Wildman–Crippen LogP) is 5.98. The van der Waals surface area contributed by atoms with Crippen molar-refractivity contribution in [3.63, 3.8) is 0 Å². The molecule has 0 aliphatic carbocycles. The SMILES string of the molecule is CCc1ccc(N2C(=O)C(=O)/C(=C(/O)c3ccc(OC(C)C)c(C)c3)C2c2cccc(OC)c2)cc1. The number of rotatable bonds is 7. The first-order chi connectivity index (χ1) is 17.2. The molecule has 1 fully saturated rings. The Morgan fingerprint density at radius 3 is 2.36 bits per heavy atom. The zero-order chi connectivity index (χ0) is 26.0. The van der Waals surface area contributed by atoms with Gasteiger partial charge >= 0.3 is 0 Å². The Bertz CT molecular complexity index is 1320. The van der Waals surface area contributed by atoms with Crippen LogP contribution in [-0.2, 0) is 16.0 Å². The number of ether oxygens (including phenoxy) is 2. The molecular weight excluding hydrogens is 454 g/mol. The number of nitrogens with zero attached hydrogens (tertiary/aromatic N) is 1. The highest BCUT2D eigenvalue weighted by atomic mass is 16.5. The standard InChI is InChI=1S/C30H31NO5/c1-6-20-10-13-23(14-11-20)31-27(21-8-7-9-24(17-21)35-5)26(29(33)30(31)34)28(32)22-12-15-25(19(4)16-22)36-18(2)3/h7-18,27,32H,6H2,1-5H3/b28-26+. The maximum absolute atomic E-state index is 13.4. The molecule has 0 saturated carbocycles. The van der Waals surface area contributed by atoms with Crippen LogP contribution in [0.2, 0.25) is 0 Å². The minimum Gasteiger partial charge on any atom is -0.507 e. The number of aryl methyl sites for hydroxylation is 2. The van der Waals surface area contributed by atoms with E-state index in [0.29, 0.717) is 28.3 Å². The molecule has 0 bridgehead atoms. The highest BCUT2D eigenvalue weighted by molar-refractivity contribution is 6.51. The second-order valence-corrected chi connectivity index (χ2v) is 9.11. The monoisotopic (exact) mass is 485 g/mol. The molecule has 4 rings (SSSR count). The van der Waals surface area contributed by atoms with Gasteiger partial charge in [0.1, 0.15) is 17.3 Å². The summed E-state index contributed by atoms with van der Waals surface area (Å²) in [5, 5.41) is 11.4. The number of hydrogen-bond donors (Lipinski definition) is 1. The first-order valence-corrected chi connectivity index (χ1v) is 12.1. The molecular formula is C30H31NO5. The summed E-state index contributed by atoms with van der Waals surface area (Å²) in [4.78, 5) is 28.2. The van der Waals surface area contributed by atoms with E-state index < -0.39 is 17.7 Å². The number of carbonyl (C=O) groups excluding carboxylic acids is 2. The molecule has 1 saturated heterocycles. The predicted molar refractivity (Wildman–Crippen MR) is 141 cm³/mol. The molecule has 1 N–H and O–H groups in total. The van der Waals surface area contributed by atoms with Gasteiger partial charge in [-0.25, -0.2) is 0 Å². The number of anilines is 1. The summed E-state index contributed by atoms with van der Waals surface area (Å²) in [7, 11) is 1.56. The lowest BCUT2D eigenvalue weighted by molar-refractivity contribution is -0.132. The van der Waals surface area contributed by atoms with Crippen LogP contribution in [0.5, 0.6) is 11.5 Å². The van der Waals surface area contributed by atoms with Crippen LogP contribution in [0.3, 0.4) is 0 Å². The van der Waals surface area contributed by atoms with Crippen LogP contribution in [-0.4, -0.2) is 30.0 Å². The molecule has 0 aromatic heterocycles. The first-order valence-electron chi connectivity index (χ1n) is 12.1. The molecule has 3 aromatic rings. The number of carbonyl (C=O) groups is 2. The summed E-state index contributed by atoms with van der Waals surface area (Å²) >= 11 is 0. The lowest BCUT2D eigenvalue weighted by Gasteiger charge is -2.26. The van der Waals surface area contributed by atoms with Gasteiger partial charge in [-0.3, -0.25) is 14.5 Å². The van der Waals surface area contributed by atoms with Gasteiger partial charge in [0.15, 0.2) is 0 Å². The van der Waals surface area contributed by atoms with Gasteiger partial charge in [0.05, 0.1) is 24.8 Å². The summed E-state index contributed by atoms with van der Waals surface area (Å²) in [6.45, 7) is 7.81. The highest BCUT2D eigenvalue weighted by Crippen LogP contribution is 2.43. The summed E-state index contributed by atoms with van der Waals surface area (Å²) in [5.74, 6) is -0.369. The maximum Gasteiger partial charge on any atom is 0.300 e. The second-order valence-electron chi connectivity index (χ2n) is 9.11. The maximum atomic E-state index is 13.4.